The Balaban J connectivity index is 1.87. The van der Waals surface area contributed by atoms with Gasteiger partial charge in [-0.05, 0) is 19.3 Å². The van der Waals surface area contributed by atoms with Gasteiger partial charge in [0.2, 0.25) is 0 Å². The van der Waals surface area contributed by atoms with E-state index in [4.69, 9.17) is 0 Å². The Morgan fingerprint density at radius 3 is 3.00 bits per heavy atom. The van der Waals surface area contributed by atoms with Crippen molar-refractivity contribution in [3.8, 4) is 0 Å². The van der Waals surface area contributed by atoms with Crippen molar-refractivity contribution in [2.45, 2.75) is 44.9 Å². The van der Waals surface area contributed by atoms with Crippen LogP contribution in [0.15, 0.2) is 6.07 Å². The Bertz CT molecular complexity index is 368. The monoisotopic (exact) mass is 236 g/mol. The van der Waals surface area contributed by atoms with Gasteiger partial charge in [-0.1, -0.05) is 19.8 Å². The van der Waals surface area contributed by atoms with E-state index in [1.807, 2.05) is 13.0 Å². The third-order valence-corrected chi connectivity index (χ3v) is 3.17. The quantitative estimate of drug-likeness (QED) is 0.752. The van der Waals surface area contributed by atoms with Gasteiger partial charge in [-0.15, -0.1) is 0 Å². The zero-order valence-electron chi connectivity index (χ0n) is 10.3. The van der Waals surface area contributed by atoms with Crippen LogP contribution in [-0.4, -0.2) is 22.8 Å². The third kappa shape index (κ3) is 3.22. The fourth-order valence-corrected chi connectivity index (χ4v) is 2.25. The Hall–Kier alpha value is -1.52. The summed E-state index contributed by atoms with van der Waals surface area (Å²) in [6, 6.07) is 1.76. The lowest BCUT2D eigenvalue weighted by molar-refractivity contribution is 0.252. The summed E-state index contributed by atoms with van der Waals surface area (Å²) in [5.74, 6) is 1.21. The first kappa shape index (κ1) is 12.0. The van der Waals surface area contributed by atoms with Crippen molar-refractivity contribution in [3.63, 3.8) is 0 Å². The highest BCUT2D eigenvalue weighted by molar-refractivity contribution is 5.88. The molecule has 0 bridgehead atoms. The van der Waals surface area contributed by atoms with Crippen molar-refractivity contribution in [1.29, 1.82) is 0 Å². The number of aromatic amines is 1. The highest BCUT2D eigenvalue weighted by Crippen LogP contribution is 2.33. The summed E-state index contributed by atoms with van der Waals surface area (Å²) < 4.78 is 0. The van der Waals surface area contributed by atoms with Gasteiger partial charge in [0.05, 0.1) is 0 Å². The molecule has 1 aliphatic carbocycles. The predicted octanol–water partition coefficient (Wildman–Crippen LogP) is 2.60. The molecule has 1 fully saturated rings. The van der Waals surface area contributed by atoms with E-state index in [0.29, 0.717) is 18.3 Å². The van der Waals surface area contributed by atoms with Crippen LogP contribution in [0.1, 0.15) is 50.6 Å². The minimum absolute atomic E-state index is 0.184. The second-order valence-corrected chi connectivity index (χ2v) is 4.57. The molecule has 3 N–H and O–H groups in total. The van der Waals surface area contributed by atoms with E-state index < -0.39 is 0 Å². The molecule has 0 radical (unpaired) electrons. The number of nitrogens with zero attached hydrogens (tertiary/aromatic N) is 1. The maximum Gasteiger partial charge on any atom is 0.320 e. The highest BCUT2D eigenvalue weighted by atomic mass is 16.2. The zero-order valence-corrected chi connectivity index (χ0v) is 10.3. The summed E-state index contributed by atoms with van der Waals surface area (Å²) in [5, 5.41) is 12.6. The van der Waals surface area contributed by atoms with Crippen LogP contribution in [0.3, 0.4) is 0 Å². The highest BCUT2D eigenvalue weighted by Gasteiger charge is 2.19. The lowest BCUT2D eigenvalue weighted by Gasteiger charge is -2.04. The molecule has 2 rings (SSSR count). The number of H-pyrrole nitrogens is 1. The molecule has 1 heterocycles. The van der Waals surface area contributed by atoms with E-state index in [1.165, 1.54) is 25.7 Å². The number of nitrogens with one attached hydrogen (secondary N) is 3. The van der Waals surface area contributed by atoms with Crippen LogP contribution in [-0.2, 0) is 0 Å². The number of carbonyl (C=O) groups excluding carboxylic acids is 1. The van der Waals surface area contributed by atoms with Gasteiger partial charge in [0, 0.05) is 24.2 Å². The van der Waals surface area contributed by atoms with E-state index in [2.05, 4.69) is 20.8 Å². The second-order valence-electron chi connectivity index (χ2n) is 4.57. The normalized spacial score (nSPS) is 16.1. The van der Waals surface area contributed by atoms with Crippen LogP contribution < -0.4 is 10.6 Å². The summed E-state index contributed by atoms with van der Waals surface area (Å²) in [4.78, 5) is 11.4. The van der Waals surface area contributed by atoms with Crippen LogP contribution in [0.2, 0.25) is 0 Å². The molecule has 0 unspecified atom stereocenters. The van der Waals surface area contributed by atoms with E-state index in [-0.39, 0.29) is 6.03 Å². The Morgan fingerprint density at radius 2 is 2.29 bits per heavy atom. The van der Waals surface area contributed by atoms with Crippen molar-refractivity contribution < 1.29 is 4.79 Å². The zero-order chi connectivity index (χ0) is 12.1. The number of aromatic nitrogens is 2. The largest absolute Gasteiger partial charge is 0.338 e. The van der Waals surface area contributed by atoms with Crippen molar-refractivity contribution in [3.05, 3.63) is 11.8 Å². The number of anilines is 1. The fourth-order valence-electron chi connectivity index (χ4n) is 2.25. The van der Waals surface area contributed by atoms with Gasteiger partial charge in [0.1, 0.15) is 0 Å². The first-order valence-corrected chi connectivity index (χ1v) is 6.39. The van der Waals surface area contributed by atoms with Crippen LogP contribution in [0, 0.1) is 0 Å². The van der Waals surface area contributed by atoms with Crippen molar-refractivity contribution >= 4 is 11.8 Å². The van der Waals surface area contributed by atoms with Crippen molar-refractivity contribution in [1.82, 2.24) is 15.5 Å². The molecular formula is C12H20N4O. The Kier molecular flexibility index (Phi) is 4.01. The molecule has 5 nitrogen and oxygen atoms in total. The van der Waals surface area contributed by atoms with Gasteiger partial charge >= 0.3 is 6.03 Å². The predicted molar refractivity (Wildman–Crippen MR) is 67.1 cm³/mol. The van der Waals surface area contributed by atoms with E-state index in [9.17, 15) is 4.79 Å². The molecule has 1 saturated carbocycles. The Morgan fingerprint density at radius 1 is 1.53 bits per heavy atom. The van der Waals surface area contributed by atoms with E-state index >= 15 is 0 Å². The number of rotatable bonds is 4. The lowest BCUT2D eigenvalue weighted by atomic mass is 10.0. The summed E-state index contributed by atoms with van der Waals surface area (Å²) in [7, 11) is 0. The number of hydrogen-bond acceptors (Lipinski definition) is 2. The van der Waals surface area contributed by atoms with E-state index in [0.717, 1.165) is 12.1 Å². The maximum atomic E-state index is 11.4. The molecule has 1 aliphatic rings. The van der Waals surface area contributed by atoms with Gasteiger partial charge < -0.3 is 5.32 Å². The van der Waals surface area contributed by atoms with Gasteiger partial charge in [-0.25, -0.2) is 4.79 Å². The average Bonchev–Trinajstić information content (AvgIpc) is 2.95. The number of amides is 2. The molecule has 1 aromatic rings. The standard InChI is InChI=1S/C12H20N4O/c1-2-7-13-12(17)14-11-8-10(15-16-11)9-5-3-4-6-9/h8-9H,2-7H2,1H3,(H3,13,14,15,16,17). The molecule has 2 amide bonds. The molecule has 0 aliphatic heterocycles. The Labute approximate surface area is 101 Å². The summed E-state index contributed by atoms with van der Waals surface area (Å²) in [6.45, 7) is 2.71. The van der Waals surface area contributed by atoms with Gasteiger partial charge in [-0.2, -0.15) is 5.10 Å². The molecule has 0 saturated heterocycles. The minimum atomic E-state index is -0.184. The summed E-state index contributed by atoms with van der Waals surface area (Å²) >= 11 is 0. The van der Waals surface area contributed by atoms with Crippen LogP contribution in [0.4, 0.5) is 10.6 Å². The molecule has 94 valence electrons. The minimum Gasteiger partial charge on any atom is -0.338 e. The first-order valence-electron chi connectivity index (χ1n) is 6.39. The molecule has 0 atom stereocenters. The van der Waals surface area contributed by atoms with Crippen LogP contribution >= 0.6 is 0 Å². The fraction of sp³-hybridized carbons (Fsp3) is 0.667. The van der Waals surface area contributed by atoms with Crippen LogP contribution in [0.5, 0.6) is 0 Å². The molecular weight excluding hydrogens is 216 g/mol. The smallest absolute Gasteiger partial charge is 0.320 e. The van der Waals surface area contributed by atoms with Crippen molar-refractivity contribution in [2.24, 2.45) is 0 Å². The molecule has 17 heavy (non-hydrogen) atoms. The van der Waals surface area contributed by atoms with Crippen LogP contribution in [0.25, 0.3) is 0 Å². The summed E-state index contributed by atoms with van der Waals surface area (Å²) in [5.41, 5.74) is 1.15. The molecule has 1 aromatic heterocycles. The summed E-state index contributed by atoms with van der Waals surface area (Å²) in [6.07, 6.45) is 5.97. The first-order chi connectivity index (χ1) is 8.29. The molecule has 5 heteroatoms. The molecule has 0 spiro atoms. The number of hydrogen-bond donors (Lipinski definition) is 3. The molecule has 0 aromatic carbocycles. The van der Waals surface area contributed by atoms with Gasteiger partial charge in [-0.3, -0.25) is 10.4 Å². The number of urea groups is 1. The lowest BCUT2D eigenvalue weighted by Crippen LogP contribution is -2.29. The SMILES string of the molecule is CCCNC(=O)Nc1cc(C2CCCC2)[nH]n1. The van der Waals surface area contributed by atoms with Gasteiger partial charge in [0.15, 0.2) is 5.82 Å². The van der Waals surface area contributed by atoms with Gasteiger partial charge in [0.25, 0.3) is 0 Å². The third-order valence-electron chi connectivity index (χ3n) is 3.17. The topological polar surface area (TPSA) is 69.8 Å². The van der Waals surface area contributed by atoms with E-state index in [1.54, 1.807) is 0 Å². The number of carbonyl (C=O) groups is 1. The van der Waals surface area contributed by atoms with Crippen molar-refractivity contribution in [2.75, 3.05) is 11.9 Å². The maximum absolute atomic E-state index is 11.4. The second kappa shape index (κ2) is 5.70. The average molecular weight is 236 g/mol.